The molecule has 1 aliphatic rings. The molecule has 1 atom stereocenters. The molecule has 0 amide bonds. The van der Waals surface area contributed by atoms with E-state index in [2.05, 4.69) is 41.1 Å². The third-order valence-corrected chi connectivity index (χ3v) is 5.75. The lowest BCUT2D eigenvalue weighted by molar-refractivity contribution is -0.144. The molecule has 1 saturated heterocycles. The fourth-order valence-electron chi connectivity index (χ4n) is 3.10. The lowest BCUT2D eigenvalue weighted by atomic mass is 10.0. The van der Waals surface area contributed by atoms with Crippen molar-refractivity contribution in [1.82, 2.24) is 9.80 Å². The number of hydrogen-bond donors (Lipinski definition) is 1. The van der Waals surface area contributed by atoms with Crippen LogP contribution in [0.3, 0.4) is 0 Å². The third-order valence-electron chi connectivity index (χ3n) is 4.62. The minimum atomic E-state index is -0.732. The number of likely N-dealkylation sites (N-methyl/N-ethyl adjacent to an activating group) is 1. The molecule has 5 heteroatoms. The van der Waals surface area contributed by atoms with Crippen LogP contribution in [0.1, 0.15) is 5.56 Å². The second-order valence-electron chi connectivity index (χ2n) is 6.42. The van der Waals surface area contributed by atoms with Gasteiger partial charge >= 0.3 is 5.97 Å². The van der Waals surface area contributed by atoms with E-state index in [9.17, 15) is 9.90 Å². The number of carboxylic acids is 1. The molecule has 132 valence electrons. The molecule has 0 aromatic heterocycles. The van der Waals surface area contributed by atoms with Gasteiger partial charge in [-0.15, -0.1) is 0 Å². The molecule has 0 bridgehead atoms. The van der Waals surface area contributed by atoms with Crippen molar-refractivity contribution in [2.24, 2.45) is 0 Å². The zero-order chi connectivity index (χ0) is 17.6. The topological polar surface area (TPSA) is 43.8 Å². The Morgan fingerprint density at radius 2 is 1.68 bits per heavy atom. The van der Waals surface area contributed by atoms with Crippen LogP contribution in [0, 0.1) is 0 Å². The highest BCUT2D eigenvalue weighted by Crippen LogP contribution is 2.31. The molecular formula is C20H24N2O2S. The third kappa shape index (κ3) is 4.84. The molecule has 0 unspecified atom stereocenters. The molecule has 1 heterocycles. The summed E-state index contributed by atoms with van der Waals surface area (Å²) >= 11 is 1.70. The van der Waals surface area contributed by atoms with Gasteiger partial charge in [0.1, 0.15) is 6.04 Å². The Hall–Kier alpha value is -1.82. The number of piperazine rings is 1. The van der Waals surface area contributed by atoms with Crippen LogP contribution < -0.4 is 0 Å². The van der Waals surface area contributed by atoms with E-state index in [4.69, 9.17) is 0 Å². The Morgan fingerprint density at radius 1 is 1.04 bits per heavy atom. The van der Waals surface area contributed by atoms with Crippen LogP contribution in [0.15, 0.2) is 64.4 Å². The van der Waals surface area contributed by atoms with Crippen molar-refractivity contribution < 1.29 is 9.90 Å². The highest BCUT2D eigenvalue weighted by molar-refractivity contribution is 7.99. The fourth-order valence-corrected chi connectivity index (χ4v) is 4.08. The molecule has 25 heavy (non-hydrogen) atoms. The van der Waals surface area contributed by atoms with Gasteiger partial charge in [-0.1, -0.05) is 48.2 Å². The number of benzene rings is 2. The summed E-state index contributed by atoms with van der Waals surface area (Å²) in [7, 11) is 2.08. The highest BCUT2D eigenvalue weighted by Gasteiger charge is 2.28. The summed E-state index contributed by atoms with van der Waals surface area (Å²) in [6.07, 6.45) is 0.537. The van der Waals surface area contributed by atoms with Crippen molar-refractivity contribution >= 4 is 17.7 Å². The molecule has 1 fully saturated rings. The van der Waals surface area contributed by atoms with E-state index in [1.165, 1.54) is 4.90 Å². The number of carboxylic acid groups (broad SMARTS) is 1. The molecule has 1 aliphatic heterocycles. The summed E-state index contributed by atoms with van der Waals surface area (Å²) in [6, 6.07) is 17.9. The van der Waals surface area contributed by atoms with Crippen molar-refractivity contribution in [3.63, 3.8) is 0 Å². The van der Waals surface area contributed by atoms with Crippen molar-refractivity contribution in [1.29, 1.82) is 0 Å². The van der Waals surface area contributed by atoms with Crippen LogP contribution in [-0.4, -0.2) is 60.1 Å². The van der Waals surface area contributed by atoms with E-state index in [0.717, 1.165) is 36.6 Å². The first-order chi connectivity index (χ1) is 12.1. The van der Waals surface area contributed by atoms with E-state index in [-0.39, 0.29) is 0 Å². The molecule has 2 aromatic rings. The van der Waals surface area contributed by atoms with Gasteiger partial charge in [-0.3, -0.25) is 9.69 Å². The molecule has 0 aliphatic carbocycles. The molecule has 1 N–H and O–H groups in total. The maximum Gasteiger partial charge on any atom is 0.321 e. The second kappa shape index (κ2) is 8.52. The predicted molar refractivity (Wildman–Crippen MR) is 101 cm³/mol. The zero-order valence-corrected chi connectivity index (χ0v) is 15.3. The first kappa shape index (κ1) is 18.0. The van der Waals surface area contributed by atoms with Gasteiger partial charge in [-0.05, 0) is 37.2 Å². The van der Waals surface area contributed by atoms with Gasteiger partial charge in [0, 0.05) is 36.0 Å². The largest absolute Gasteiger partial charge is 0.480 e. The predicted octanol–water partition coefficient (Wildman–Crippen LogP) is 3.08. The Kier molecular flexibility index (Phi) is 6.13. The summed E-state index contributed by atoms with van der Waals surface area (Å²) in [5.74, 6) is -0.732. The number of carbonyl (C=O) groups is 1. The lowest BCUT2D eigenvalue weighted by Gasteiger charge is -2.36. The van der Waals surface area contributed by atoms with E-state index in [1.54, 1.807) is 11.8 Å². The minimum Gasteiger partial charge on any atom is -0.480 e. The summed E-state index contributed by atoms with van der Waals surface area (Å²) in [5, 5.41) is 9.77. The Morgan fingerprint density at radius 3 is 2.36 bits per heavy atom. The zero-order valence-electron chi connectivity index (χ0n) is 14.5. The Balaban J connectivity index is 1.77. The van der Waals surface area contributed by atoms with Crippen molar-refractivity contribution in [3.8, 4) is 0 Å². The SMILES string of the molecule is CN1CCN([C@@H](Cc2ccccc2Sc2ccccc2)C(=O)O)CC1. The van der Waals surface area contributed by atoms with Crippen LogP contribution in [-0.2, 0) is 11.2 Å². The lowest BCUT2D eigenvalue weighted by Crippen LogP contribution is -2.52. The molecule has 4 nitrogen and oxygen atoms in total. The van der Waals surface area contributed by atoms with Gasteiger partial charge in [-0.25, -0.2) is 0 Å². The summed E-state index contributed by atoms with van der Waals surface area (Å²) in [6.45, 7) is 3.46. The summed E-state index contributed by atoms with van der Waals surface area (Å²) in [5.41, 5.74) is 1.10. The van der Waals surface area contributed by atoms with E-state index < -0.39 is 12.0 Å². The van der Waals surface area contributed by atoms with Crippen molar-refractivity contribution in [3.05, 3.63) is 60.2 Å². The fraction of sp³-hybridized carbons (Fsp3) is 0.350. The highest BCUT2D eigenvalue weighted by atomic mass is 32.2. The monoisotopic (exact) mass is 356 g/mol. The Bertz CT molecular complexity index is 700. The molecule has 0 spiro atoms. The second-order valence-corrected chi connectivity index (χ2v) is 7.54. The maximum atomic E-state index is 11.9. The molecule has 0 saturated carbocycles. The van der Waals surface area contributed by atoms with E-state index in [0.29, 0.717) is 6.42 Å². The van der Waals surface area contributed by atoms with Gasteiger partial charge < -0.3 is 10.0 Å². The number of rotatable bonds is 6. The average Bonchev–Trinajstić information content (AvgIpc) is 2.62. The van der Waals surface area contributed by atoms with E-state index >= 15 is 0 Å². The molecule has 0 radical (unpaired) electrons. The van der Waals surface area contributed by atoms with Gasteiger partial charge in [0.15, 0.2) is 0 Å². The van der Waals surface area contributed by atoms with Gasteiger partial charge in [0.2, 0.25) is 0 Å². The molecular weight excluding hydrogens is 332 g/mol. The number of hydrogen-bond acceptors (Lipinski definition) is 4. The average molecular weight is 356 g/mol. The normalized spacial score (nSPS) is 17.3. The van der Waals surface area contributed by atoms with Gasteiger partial charge in [0.25, 0.3) is 0 Å². The van der Waals surface area contributed by atoms with Crippen LogP contribution in [0.4, 0.5) is 0 Å². The van der Waals surface area contributed by atoms with Crippen molar-refractivity contribution in [2.45, 2.75) is 22.3 Å². The first-order valence-electron chi connectivity index (χ1n) is 8.59. The molecule has 2 aromatic carbocycles. The quantitative estimate of drug-likeness (QED) is 0.862. The summed E-state index contributed by atoms with van der Waals surface area (Å²) < 4.78 is 0. The Labute approximate surface area is 153 Å². The van der Waals surface area contributed by atoms with Crippen LogP contribution in [0.5, 0.6) is 0 Å². The van der Waals surface area contributed by atoms with Crippen LogP contribution in [0.25, 0.3) is 0 Å². The standard InChI is InChI=1S/C20H24N2O2S/c1-21-11-13-22(14-12-21)18(20(23)24)15-16-7-5-6-10-19(16)25-17-8-3-2-4-9-17/h2-10,18H,11-15H2,1H3,(H,23,24)/t18-/m0/s1. The molecule has 3 rings (SSSR count). The first-order valence-corrected chi connectivity index (χ1v) is 9.41. The van der Waals surface area contributed by atoms with E-state index in [1.807, 2.05) is 30.3 Å². The minimum absolute atomic E-state index is 0.466. The van der Waals surface area contributed by atoms with Crippen LogP contribution >= 0.6 is 11.8 Å². The van der Waals surface area contributed by atoms with Crippen molar-refractivity contribution in [2.75, 3.05) is 33.2 Å². The maximum absolute atomic E-state index is 11.9. The smallest absolute Gasteiger partial charge is 0.321 e. The van der Waals surface area contributed by atoms with Gasteiger partial charge in [-0.2, -0.15) is 0 Å². The number of aliphatic carboxylic acids is 1. The van der Waals surface area contributed by atoms with Gasteiger partial charge in [0.05, 0.1) is 0 Å². The summed E-state index contributed by atoms with van der Waals surface area (Å²) in [4.78, 5) is 18.5. The number of nitrogens with zero attached hydrogens (tertiary/aromatic N) is 2. The van der Waals surface area contributed by atoms with Crippen LogP contribution in [0.2, 0.25) is 0 Å².